The number of nitrogens with zero attached hydrogens (tertiary/aromatic N) is 1. The number of hydrogen-bond donors (Lipinski definition) is 2. The fraction of sp³-hybridized carbons (Fsp3) is 0.556. The van der Waals surface area contributed by atoms with Crippen molar-refractivity contribution in [1.82, 2.24) is 15.5 Å². The average molecular weight is 317 g/mol. The summed E-state index contributed by atoms with van der Waals surface area (Å²) in [7, 11) is 1.78. The van der Waals surface area contributed by atoms with E-state index in [0.29, 0.717) is 6.04 Å². The van der Waals surface area contributed by atoms with E-state index in [2.05, 4.69) is 41.8 Å². The highest BCUT2D eigenvalue weighted by molar-refractivity contribution is 5.81. The number of nitrogens with one attached hydrogen (secondary N) is 2. The van der Waals surface area contributed by atoms with Gasteiger partial charge in [0.2, 0.25) is 11.8 Å². The van der Waals surface area contributed by atoms with Crippen molar-refractivity contribution in [3.63, 3.8) is 0 Å². The second kappa shape index (κ2) is 8.11. The van der Waals surface area contributed by atoms with Crippen molar-refractivity contribution in [2.45, 2.75) is 45.2 Å². The molecular formula is C18H27N3O2. The predicted octanol–water partition coefficient (Wildman–Crippen LogP) is 1.64. The molecule has 0 aromatic heterocycles. The molecule has 1 atom stereocenters. The zero-order valence-corrected chi connectivity index (χ0v) is 14.3. The van der Waals surface area contributed by atoms with Crippen LogP contribution in [-0.2, 0) is 16.0 Å². The minimum absolute atomic E-state index is 0.00833. The summed E-state index contributed by atoms with van der Waals surface area (Å²) in [6.07, 6.45) is 3.16. The van der Waals surface area contributed by atoms with Crippen molar-refractivity contribution in [1.29, 1.82) is 0 Å². The standard InChI is InChI=1S/C18H27N3O2/c1-4-14-5-7-15(8-6-14)13(2)19-17(22)11-21(3)12-18(23)20-16-9-10-16/h5-8,13,16H,4,9-12H2,1-3H3,(H,19,22)(H,20,23)/t13-/m0/s1. The quantitative estimate of drug-likeness (QED) is 0.766. The molecule has 0 radical (unpaired) electrons. The molecule has 0 unspecified atom stereocenters. The van der Waals surface area contributed by atoms with Crippen LogP contribution in [0.25, 0.3) is 0 Å². The SMILES string of the molecule is CCc1ccc([C@H](C)NC(=O)CN(C)CC(=O)NC2CC2)cc1. The van der Waals surface area contributed by atoms with Crippen LogP contribution < -0.4 is 10.6 Å². The number of aryl methyl sites for hydroxylation is 1. The lowest BCUT2D eigenvalue weighted by atomic mass is 10.1. The summed E-state index contributed by atoms with van der Waals surface area (Å²) in [4.78, 5) is 25.5. The van der Waals surface area contributed by atoms with E-state index in [9.17, 15) is 9.59 Å². The smallest absolute Gasteiger partial charge is 0.234 e. The van der Waals surface area contributed by atoms with Crippen LogP contribution in [0.15, 0.2) is 24.3 Å². The van der Waals surface area contributed by atoms with E-state index >= 15 is 0 Å². The molecule has 1 aliphatic carbocycles. The van der Waals surface area contributed by atoms with Gasteiger partial charge in [0, 0.05) is 6.04 Å². The van der Waals surface area contributed by atoms with Crippen LogP contribution in [0.1, 0.15) is 43.9 Å². The Morgan fingerprint density at radius 1 is 1.17 bits per heavy atom. The number of benzene rings is 1. The van der Waals surface area contributed by atoms with Gasteiger partial charge in [0.05, 0.1) is 19.1 Å². The molecule has 126 valence electrons. The van der Waals surface area contributed by atoms with Gasteiger partial charge in [-0.1, -0.05) is 31.2 Å². The summed E-state index contributed by atoms with van der Waals surface area (Å²) < 4.78 is 0. The summed E-state index contributed by atoms with van der Waals surface area (Å²) in [6.45, 7) is 4.56. The fourth-order valence-electron chi connectivity index (χ4n) is 2.46. The molecule has 1 aliphatic rings. The van der Waals surface area contributed by atoms with E-state index in [1.54, 1.807) is 11.9 Å². The highest BCUT2D eigenvalue weighted by atomic mass is 16.2. The summed E-state index contributed by atoms with van der Waals surface area (Å²) in [6, 6.07) is 8.60. The van der Waals surface area contributed by atoms with Gasteiger partial charge in [-0.3, -0.25) is 14.5 Å². The zero-order chi connectivity index (χ0) is 16.8. The first kappa shape index (κ1) is 17.5. The van der Waals surface area contributed by atoms with Crippen LogP contribution in [-0.4, -0.2) is 42.9 Å². The first-order valence-corrected chi connectivity index (χ1v) is 8.34. The van der Waals surface area contributed by atoms with Crippen LogP contribution >= 0.6 is 0 Å². The van der Waals surface area contributed by atoms with Gasteiger partial charge in [-0.15, -0.1) is 0 Å². The second-order valence-electron chi connectivity index (χ2n) is 6.40. The van der Waals surface area contributed by atoms with Crippen molar-refractivity contribution in [3.05, 3.63) is 35.4 Å². The molecule has 0 bridgehead atoms. The van der Waals surface area contributed by atoms with Crippen LogP contribution in [0.4, 0.5) is 0 Å². The van der Waals surface area contributed by atoms with Crippen molar-refractivity contribution in [2.24, 2.45) is 0 Å². The zero-order valence-electron chi connectivity index (χ0n) is 14.3. The number of hydrogen-bond acceptors (Lipinski definition) is 3. The number of carbonyl (C=O) groups is 2. The maximum atomic E-state index is 12.1. The van der Waals surface area contributed by atoms with Gasteiger partial charge in [-0.25, -0.2) is 0 Å². The first-order chi connectivity index (χ1) is 11.0. The molecule has 1 aromatic rings. The molecule has 5 nitrogen and oxygen atoms in total. The normalized spacial score (nSPS) is 15.3. The molecule has 2 amide bonds. The molecule has 2 N–H and O–H groups in total. The van der Waals surface area contributed by atoms with Crippen LogP contribution in [0, 0.1) is 0 Å². The second-order valence-corrected chi connectivity index (χ2v) is 6.40. The Bertz CT molecular complexity index is 538. The Hall–Kier alpha value is -1.88. The Morgan fingerprint density at radius 2 is 1.78 bits per heavy atom. The van der Waals surface area contributed by atoms with Gasteiger partial charge in [0.25, 0.3) is 0 Å². The number of rotatable bonds is 8. The summed E-state index contributed by atoms with van der Waals surface area (Å²) in [5.41, 5.74) is 2.37. The third kappa shape index (κ3) is 6.02. The average Bonchev–Trinajstić information content (AvgIpc) is 3.30. The Kier molecular flexibility index (Phi) is 6.16. The molecule has 1 aromatic carbocycles. The molecule has 5 heteroatoms. The fourth-order valence-corrected chi connectivity index (χ4v) is 2.46. The van der Waals surface area contributed by atoms with Gasteiger partial charge in [0.15, 0.2) is 0 Å². The first-order valence-electron chi connectivity index (χ1n) is 8.34. The maximum absolute atomic E-state index is 12.1. The Morgan fingerprint density at radius 3 is 2.35 bits per heavy atom. The maximum Gasteiger partial charge on any atom is 0.234 e. The van der Waals surface area contributed by atoms with E-state index in [0.717, 1.165) is 24.8 Å². The molecule has 1 fully saturated rings. The highest BCUT2D eigenvalue weighted by Gasteiger charge is 2.23. The lowest BCUT2D eigenvalue weighted by Crippen LogP contribution is -2.41. The molecule has 0 aliphatic heterocycles. The van der Waals surface area contributed by atoms with Crippen molar-refractivity contribution < 1.29 is 9.59 Å². The number of carbonyl (C=O) groups excluding carboxylic acids is 2. The summed E-state index contributed by atoms with van der Waals surface area (Å²) in [5.74, 6) is -0.0789. The molecular weight excluding hydrogens is 290 g/mol. The third-order valence-electron chi connectivity index (χ3n) is 4.03. The van der Waals surface area contributed by atoms with Crippen molar-refractivity contribution in [2.75, 3.05) is 20.1 Å². The van der Waals surface area contributed by atoms with Crippen molar-refractivity contribution >= 4 is 11.8 Å². The lowest BCUT2D eigenvalue weighted by molar-refractivity contribution is -0.125. The third-order valence-corrected chi connectivity index (χ3v) is 4.03. The topological polar surface area (TPSA) is 61.4 Å². The molecule has 0 heterocycles. The van der Waals surface area contributed by atoms with Gasteiger partial charge in [0.1, 0.15) is 0 Å². The largest absolute Gasteiger partial charge is 0.352 e. The van der Waals surface area contributed by atoms with Crippen LogP contribution in [0.2, 0.25) is 0 Å². The van der Waals surface area contributed by atoms with E-state index in [4.69, 9.17) is 0 Å². The summed E-state index contributed by atoms with van der Waals surface area (Å²) >= 11 is 0. The number of likely N-dealkylation sites (N-methyl/N-ethyl adjacent to an activating group) is 1. The van der Waals surface area contributed by atoms with E-state index in [1.807, 2.05) is 6.92 Å². The van der Waals surface area contributed by atoms with E-state index in [1.165, 1.54) is 5.56 Å². The molecule has 23 heavy (non-hydrogen) atoms. The minimum atomic E-state index is -0.0706. The highest BCUT2D eigenvalue weighted by Crippen LogP contribution is 2.18. The monoisotopic (exact) mass is 317 g/mol. The van der Waals surface area contributed by atoms with Crippen LogP contribution in [0.3, 0.4) is 0 Å². The molecule has 1 saturated carbocycles. The minimum Gasteiger partial charge on any atom is -0.352 e. The van der Waals surface area contributed by atoms with E-state index < -0.39 is 0 Å². The summed E-state index contributed by atoms with van der Waals surface area (Å²) in [5, 5.41) is 5.90. The molecule has 0 spiro atoms. The Balaban J connectivity index is 1.74. The van der Waals surface area contributed by atoms with Gasteiger partial charge >= 0.3 is 0 Å². The van der Waals surface area contributed by atoms with Crippen molar-refractivity contribution in [3.8, 4) is 0 Å². The molecule has 0 saturated heterocycles. The van der Waals surface area contributed by atoms with Gasteiger partial charge in [-0.05, 0) is 44.4 Å². The predicted molar refractivity (Wildman–Crippen MR) is 91.0 cm³/mol. The van der Waals surface area contributed by atoms with Gasteiger partial charge in [-0.2, -0.15) is 0 Å². The van der Waals surface area contributed by atoms with Gasteiger partial charge < -0.3 is 10.6 Å². The number of amides is 2. The molecule has 2 rings (SSSR count). The Labute approximate surface area is 138 Å². The van der Waals surface area contributed by atoms with E-state index in [-0.39, 0.29) is 30.9 Å². The van der Waals surface area contributed by atoms with Crippen LogP contribution in [0.5, 0.6) is 0 Å². The lowest BCUT2D eigenvalue weighted by Gasteiger charge is -2.19.